The van der Waals surface area contributed by atoms with Crippen LogP contribution >= 0.6 is 0 Å². The lowest BCUT2D eigenvalue weighted by atomic mass is 9.51. The molecule has 46 heavy (non-hydrogen) atoms. The molecule has 3 aromatic carbocycles. The maximum Gasteiger partial charge on any atom is 0.241 e. The number of anilines is 2. The van der Waals surface area contributed by atoms with Crippen LogP contribution in [0.5, 0.6) is 5.75 Å². The predicted molar refractivity (Wildman–Crippen MR) is 169 cm³/mol. The van der Waals surface area contributed by atoms with Gasteiger partial charge in [0.05, 0.1) is 41.2 Å². The van der Waals surface area contributed by atoms with Crippen molar-refractivity contribution in [3.8, 4) is 5.75 Å². The van der Waals surface area contributed by atoms with E-state index in [1.807, 2.05) is 37.3 Å². The number of benzene rings is 3. The first-order chi connectivity index (χ1) is 22.2. The molecule has 2 aliphatic carbocycles. The van der Waals surface area contributed by atoms with Crippen molar-refractivity contribution in [3.05, 3.63) is 102 Å². The van der Waals surface area contributed by atoms with Crippen LogP contribution in [0.1, 0.15) is 48.5 Å². The average Bonchev–Trinajstić information content (AvgIpc) is 3.43. The molecule has 0 aromatic heterocycles. The lowest BCUT2D eigenvalue weighted by Gasteiger charge is -2.49. The van der Waals surface area contributed by atoms with Crippen LogP contribution in [0.25, 0.3) is 0 Å². The van der Waals surface area contributed by atoms with Gasteiger partial charge in [-0.05, 0) is 75.1 Å². The number of ketones is 1. The van der Waals surface area contributed by atoms with E-state index in [0.29, 0.717) is 34.7 Å². The van der Waals surface area contributed by atoms with E-state index in [2.05, 4.69) is 0 Å². The molecule has 0 unspecified atom stereocenters. The van der Waals surface area contributed by atoms with Gasteiger partial charge < -0.3 is 9.84 Å². The van der Waals surface area contributed by atoms with Crippen molar-refractivity contribution < 1.29 is 33.8 Å². The van der Waals surface area contributed by atoms with Gasteiger partial charge in [-0.25, -0.2) is 4.90 Å². The van der Waals surface area contributed by atoms with Crippen LogP contribution in [-0.2, 0) is 19.2 Å². The minimum Gasteiger partial charge on any atom is -0.491 e. The Balaban J connectivity index is 1.35. The van der Waals surface area contributed by atoms with Crippen LogP contribution in [0.3, 0.4) is 0 Å². The molecule has 7 rings (SSSR count). The Morgan fingerprint density at radius 3 is 2.22 bits per heavy atom. The molecule has 3 fully saturated rings. The Bertz CT molecular complexity index is 1800. The number of hydrogen-bond donors (Lipinski definition) is 1. The summed E-state index contributed by atoms with van der Waals surface area (Å²) in [5.41, 5.74) is 1.72. The Kier molecular flexibility index (Phi) is 7.24. The van der Waals surface area contributed by atoms with Gasteiger partial charge in [-0.15, -0.1) is 0 Å². The molecule has 0 spiro atoms. The summed E-state index contributed by atoms with van der Waals surface area (Å²) in [6.07, 6.45) is 2.55. The molecular formula is C37H34N2O7. The maximum absolute atomic E-state index is 14.6. The minimum absolute atomic E-state index is 0.0461. The molecule has 0 bridgehead atoms. The second kappa shape index (κ2) is 11.2. The van der Waals surface area contributed by atoms with Gasteiger partial charge >= 0.3 is 0 Å². The fourth-order valence-corrected chi connectivity index (χ4v) is 8.29. The molecule has 9 heteroatoms. The van der Waals surface area contributed by atoms with Crippen molar-refractivity contribution in [1.29, 1.82) is 0 Å². The van der Waals surface area contributed by atoms with E-state index in [-0.39, 0.29) is 49.0 Å². The third kappa shape index (κ3) is 4.29. The first kappa shape index (κ1) is 29.8. The zero-order chi connectivity index (χ0) is 32.3. The zero-order valence-electron chi connectivity index (χ0n) is 25.6. The van der Waals surface area contributed by atoms with Gasteiger partial charge in [-0.1, -0.05) is 48.0 Å². The number of carbonyl (C=O) groups excluding carboxylic acids is 5. The topological polar surface area (TPSA) is 121 Å². The molecule has 1 N–H and O–H groups in total. The number of Topliss-reactive ketones (excluding diaryl/α,β-unsaturated/α-hetero) is 1. The minimum atomic E-state index is -1.20. The summed E-state index contributed by atoms with van der Waals surface area (Å²) in [4.78, 5) is 71.3. The number of rotatable bonds is 7. The van der Waals surface area contributed by atoms with E-state index in [1.165, 1.54) is 16.7 Å². The number of para-hydroxylation sites is 2. The number of fused-ring (bicyclic) bond motifs is 4. The molecule has 2 aliphatic heterocycles. The molecule has 234 valence electrons. The van der Waals surface area contributed by atoms with Crippen LogP contribution < -0.4 is 14.5 Å². The predicted octanol–water partition coefficient (Wildman–Crippen LogP) is 4.70. The number of imide groups is 2. The summed E-state index contributed by atoms with van der Waals surface area (Å²) in [5, 5.41) is 9.54. The summed E-state index contributed by atoms with van der Waals surface area (Å²) in [6.45, 7) is 3.14. The summed E-state index contributed by atoms with van der Waals surface area (Å²) in [5.74, 6) is -4.11. The SMILES string of the molecule is CC(=O)c1ccc(N2C(=O)[C@H]3[C@H](CC=C4[C@H]3C[C@H]3C(=O)N(c5ccccc5)C(=O)[C@@]3(C)[C@H]4c3ccccc3OCCO)C2=O)cc1. The van der Waals surface area contributed by atoms with Gasteiger partial charge in [0.1, 0.15) is 12.4 Å². The largest absolute Gasteiger partial charge is 0.491 e. The second-order valence-electron chi connectivity index (χ2n) is 12.7. The van der Waals surface area contributed by atoms with Gasteiger partial charge in [0.2, 0.25) is 23.6 Å². The molecule has 3 aromatic rings. The van der Waals surface area contributed by atoms with E-state index in [4.69, 9.17) is 4.74 Å². The molecule has 6 atom stereocenters. The van der Waals surface area contributed by atoms with Crippen molar-refractivity contribution in [2.75, 3.05) is 23.0 Å². The third-order valence-corrected chi connectivity index (χ3v) is 10.4. The van der Waals surface area contributed by atoms with Gasteiger partial charge in [-0.2, -0.15) is 0 Å². The molecule has 2 heterocycles. The van der Waals surface area contributed by atoms with Crippen LogP contribution in [-0.4, -0.2) is 47.7 Å². The normalized spacial score (nSPS) is 28.5. The standard InChI is InChI=1S/C37H34N2O7/c1-21(41)22-12-14-24(15-13-22)38-33(42)27-17-16-25-28(31(27)35(38)44)20-29-34(43)39(23-8-4-3-5-9-23)36(45)37(29,2)32(25)26-10-6-7-11-30(26)46-19-18-40/h3-16,27-29,31-32,40H,17-20H2,1-2H3/t27-,28+,29-,31-,32+,37+/m0/s1. The maximum atomic E-state index is 14.6. The van der Waals surface area contributed by atoms with E-state index in [9.17, 15) is 29.1 Å². The number of allylic oxidation sites excluding steroid dienone is 2. The molecule has 4 aliphatic rings. The quantitative estimate of drug-likeness (QED) is 0.232. The van der Waals surface area contributed by atoms with Crippen molar-refractivity contribution in [2.45, 2.75) is 32.6 Å². The number of ether oxygens (including phenoxy) is 1. The van der Waals surface area contributed by atoms with E-state index < -0.39 is 35.0 Å². The van der Waals surface area contributed by atoms with Crippen LogP contribution in [0.4, 0.5) is 11.4 Å². The number of nitrogens with zero attached hydrogens (tertiary/aromatic N) is 2. The van der Waals surface area contributed by atoms with Gasteiger partial charge in [0, 0.05) is 17.0 Å². The summed E-state index contributed by atoms with van der Waals surface area (Å²) >= 11 is 0. The fourth-order valence-electron chi connectivity index (χ4n) is 8.29. The molecular weight excluding hydrogens is 584 g/mol. The summed E-state index contributed by atoms with van der Waals surface area (Å²) in [7, 11) is 0. The lowest BCUT2D eigenvalue weighted by Crippen LogP contribution is -2.49. The number of hydrogen-bond acceptors (Lipinski definition) is 7. The van der Waals surface area contributed by atoms with Crippen LogP contribution in [0, 0.1) is 29.1 Å². The Labute approximate surface area is 266 Å². The van der Waals surface area contributed by atoms with Crippen LogP contribution in [0.2, 0.25) is 0 Å². The van der Waals surface area contributed by atoms with Crippen molar-refractivity contribution in [1.82, 2.24) is 0 Å². The monoisotopic (exact) mass is 618 g/mol. The molecule has 2 saturated heterocycles. The molecule has 9 nitrogen and oxygen atoms in total. The van der Waals surface area contributed by atoms with E-state index >= 15 is 0 Å². The lowest BCUT2D eigenvalue weighted by molar-refractivity contribution is -0.131. The van der Waals surface area contributed by atoms with E-state index in [0.717, 1.165) is 5.57 Å². The van der Waals surface area contributed by atoms with Gasteiger partial charge in [0.25, 0.3) is 0 Å². The van der Waals surface area contributed by atoms with Crippen LogP contribution in [0.15, 0.2) is 90.5 Å². The average molecular weight is 619 g/mol. The highest BCUT2D eigenvalue weighted by molar-refractivity contribution is 6.25. The Morgan fingerprint density at radius 1 is 0.848 bits per heavy atom. The first-order valence-corrected chi connectivity index (χ1v) is 15.6. The van der Waals surface area contributed by atoms with Gasteiger partial charge in [0.15, 0.2) is 5.78 Å². The highest BCUT2D eigenvalue weighted by atomic mass is 16.5. The van der Waals surface area contributed by atoms with Crippen molar-refractivity contribution in [2.24, 2.45) is 29.1 Å². The highest BCUT2D eigenvalue weighted by Crippen LogP contribution is 2.64. The fraction of sp³-hybridized carbons (Fsp3) is 0.324. The molecule has 4 amide bonds. The summed E-state index contributed by atoms with van der Waals surface area (Å²) in [6, 6.07) is 22.6. The molecule has 1 saturated carbocycles. The Hall–Kier alpha value is -4.89. The van der Waals surface area contributed by atoms with E-state index in [1.54, 1.807) is 54.6 Å². The molecule has 0 radical (unpaired) electrons. The van der Waals surface area contributed by atoms with Gasteiger partial charge in [-0.3, -0.25) is 28.9 Å². The third-order valence-electron chi connectivity index (χ3n) is 10.4. The smallest absolute Gasteiger partial charge is 0.241 e. The van der Waals surface area contributed by atoms with Crippen molar-refractivity contribution >= 4 is 40.8 Å². The number of amides is 4. The highest BCUT2D eigenvalue weighted by Gasteiger charge is 2.68. The Morgan fingerprint density at radius 2 is 1.52 bits per heavy atom. The zero-order valence-corrected chi connectivity index (χ0v) is 25.6. The van der Waals surface area contributed by atoms with Crippen molar-refractivity contribution in [3.63, 3.8) is 0 Å². The number of aliphatic hydroxyl groups is 1. The first-order valence-electron chi connectivity index (χ1n) is 15.6. The number of carbonyl (C=O) groups is 5. The second-order valence-corrected chi connectivity index (χ2v) is 12.7. The summed E-state index contributed by atoms with van der Waals surface area (Å²) < 4.78 is 5.97. The number of aliphatic hydroxyl groups excluding tert-OH is 1.